The molecular formula is C15H26N2O2. The minimum atomic E-state index is -0.336. The van der Waals surface area contributed by atoms with Crippen LogP contribution in [0.2, 0.25) is 0 Å². The SMILES string of the molecule is CCCCCCCCCCCOC(=O)n1ccnc1. The van der Waals surface area contributed by atoms with Crippen LogP contribution in [0.25, 0.3) is 0 Å². The van der Waals surface area contributed by atoms with Gasteiger partial charge in [-0.2, -0.15) is 0 Å². The predicted octanol–water partition coefficient (Wildman–Crippen LogP) is 4.40. The number of ether oxygens (including phenoxy) is 1. The van der Waals surface area contributed by atoms with E-state index in [0.717, 1.165) is 12.8 Å². The molecule has 0 atom stereocenters. The average molecular weight is 266 g/mol. The first kappa shape index (κ1) is 15.7. The van der Waals surface area contributed by atoms with Gasteiger partial charge in [0, 0.05) is 12.4 Å². The van der Waals surface area contributed by atoms with Gasteiger partial charge in [-0.15, -0.1) is 0 Å². The van der Waals surface area contributed by atoms with Crippen LogP contribution in [-0.4, -0.2) is 22.3 Å². The summed E-state index contributed by atoms with van der Waals surface area (Å²) >= 11 is 0. The van der Waals surface area contributed by atoms with Crippen LogP contribution in [0.3, 0.4) is 0 Å². The number of nitrogens with zero attached hydrogens (tertiary/aromatic N) is 2. The lowest BCUT2D eigenvalue weighted by molar-refractivity contribution is 0.145. The summed E-state index contributed by atoms with van der Waals surface area (Å²) in [6.45, 7) is 2.75. The molecule has 108 valence electrons. The van der Waals surface area contributed by atoms with Crippen molar-refractivity contribution < 1.29 is 9.53 Å². The average Bonchev–Trinajstić information content (AvgIpc) is 2.95. The lowest BCUT2D eigenvalue weighted by Crippen LogP contribution is -2.12. The number of unbranched alkanes of at least 4 members (excludes halogenated alkanes) is 8. The summed E-state index contributed by atoms with van der Waals surface area (Å²) in [6.07, 6.45) is 15.7. The van der Waals surface area contributed by atoms with Crippen LogP contribution in [0.5, 0.6) is 0 Å². The molecule has 0 aliphatic heterocycles. The molecule has 0 aromatic carbocycles. The first-order valence-corrected chi connectivity index (χ1v) is 7.49. The number of imidazole rings is 1. The number of aromatic nitrogens is 2. The molecule has 1 aromatic heterocycles. The highest BCUT2D eigenvalue weighted by Gasteiger charge is 2.03. The molecule has 4 nitrogen and oxygen atoms in total. The Bertz CT molecular complexity index is 323. The quantitative estimate of drug-likeness (QED) is 0.590. The molecule has 0 aliphatic rings. The van der Waals surface area contributed by atoms with Crippen LogP contribution < -0.4 is 0 Å². The molecule has 0 saturated heterocycles. The summed E-state index contributed by atoms with van der Waals surface area (Å²) in [5, 5.41) is 0. The highest BCUT2D eigenvalue weighted by atomic mass is 16.5. The molecule has 0 spiro atoms. The Morgan fingerprint density at radius 2 is 1.68 bits per heavy atom. The Labute approximate surface area is 116 Å². The third-order valence-corrected chi connectivity index (χ3v) is 3.19. The molecule has 0 saturated carbocycles. The molecule has 4 heteroatoms. The number of rotatable bonds is 10. The number of hydrogen-bond acceptors (Lipinski definition) is 3. The van der Waals surface area contributed by atoms with Gasteiger partial charge in [-0.3, -0.25) is 0 Å². The van der Waals surface area contributed by atoms with Crippen molar-refractivity contribution in [3.63, 3.8) is 0 Å². The molecule has 19 heavy (non-hydrogen) atoms. The van der Waals surface area contributed by atoms with Gasteiger partial charge in [0.15, 0.2) is 0 Å². The lowest BCUT2D eigenvalue weighted by Gasteiger charge is -2.04. The number of carbonyl (C=O) groups is 1. The van der Waals surface area contributed by atoms with E-state index in [9.17, 15) is 4.79 Å². The zero-order valence-corrected chi connectivity index (χ0v) is 12.0. The highest BCUT2D eigenvalue weighted by Crippen LogP contribution is 2.09. The summed E-state index contributed by atoms with van der Waals surface area (Å²) in [4.78, 5) is 15.2. The van der Waals surface area contributed by atoms with Crippen molar-refractivity contribution in [1.29, 1.82) is 0 Å². The van der Waals surface area contributed by atoms with E-state index in [1.807, 2.05) is 0 Å². The summed E-state index contributed by atoms with van der Waals surface area (Å²) in [5.74, 6) is 0. The van der Waals surface area contributed by atoms with Crippen molar-refractivity contribution >= 4 is 6.09 Å². The monoisotopic (exact) mass is 266 g/mol. The Morgan fingerprint density at radius 1 is 1.05 bits per heavy atom. The Morgan fingerprint density at radius 3 is 2.26 bits per heavy atom. The van der Waals surface area contributed by atoms with E-state index >= 15 is 0 Å². The van der Waals surface area contributed by atoms with Gasteiger partial charge in [0.1, 0.15) is 6.33 Å². The normalized spacial score (nSPS) is 10.6. The summed E-state index contributed by atoms with van der Waals surface area (Å²) in [7, 11) is 0. The second-order valence-corrected chi connectivity index (χ2v) is 4.91. The van der Waals surface area contributed by atoms with Crippen molar-refractivity contribution in [2.45, 2.75) is 64.7 Å². The second kappa shape index (κ2) is 10.6. The van der Waals surface area contributed by atoms with Crippen LogP contribution in [0.1, 0.15) is 64.7 Å². The van der Waals surface area contributed by atoms with E-state index in [2.05, 4.69) is 11.9 Å². The fraction of sp³-hybridized carbons (Fsp3) is 0.733. The van der Waals surface area contributed by atoms with Gasteiger partial charge in [0.05, 0.1) is 6.61 Å². The third kappa shape index (κ3) is 7.65. The molecule has 0 amide bonds. The van der Waals surface area contributed by atoms with Crippen molar-refractivity contribution in [1.82, 2.24) is 9.55 Å². The molecular weight excluding hydrogens is 240 g/mol. The van der Waals surface area contributed by atoms with Crippen LogP contribution >= 0.6 is 0 Å². The van der Waals surface area contributed by atoms with Crippen LogP contribution in [0.4, 0.5) is 4.79 Å². The zero-order valence-electron chi connectivity index (χ0n) is 12.0. The summed E-state index contributed by atoms with van der Waals surface area (Å²) < 4.78 is 6.48. The summed E-state index contributed by atoms with van der Waals surface area (Å²) in [5.41, 5.74) is 0. The minimum absolute atomic E-state index is 0.336. The van der Waals surface area contributed by atoms with Gasteiger partial charge in [-0.1, -0.05) is 58.3 Å². The van der Waals surface area contributed by atoms with Gasteiger partial charge < -0.3 is 4.74 Å². The van der Waals surface area contributed by atoms with Crippen LogP contribution in [-0.2, 0) is 4.74 Å². The van der Waals surface area contributed by atoms with Crippen LogP contribution in [0.15, 0.2) is 18.7 Å². The number of hydrogen-bond donors (Lipinski definition) is 0. The van der Waals surface area contributed by atoms with Crippen molar-refractivity contribution in [2.75, 3.05) is 6.61 Å². The van der Waals surface area contributed by atoms with E-state index in [4.69, 9.17) is 4.74 Å². The maximum Gasteiger partial charge on any atom is 0.419 e. The maximum absolute atomic E-state index is 11.4. The van der Waals surface area contributed by atoms with Crippen molar-refractivity contribution in [3.8, 4) is 0 Å². The molecule has 0 aliphatic carbocycles. The van der Waals surface area contributed by atoms with Gasteiger partial charge >= 0.3 is 6.09 Å². The standard InChI is InChI=1S/C15H26N2O2/c1-2-3-4-5-6-7-8-9-10-13-19-15(18)17-12-11-16-14-17/h11-12,14H,2-10,13H2,1H3. The summed E-state index contributed by atoms with van der Waals surface area (Å²) in [6, 6.07) is 0. The Balaban J connectivity index is 1.85. The molecule has 0 N–H and O–H groups in total. The fourth-order valence-corrected chi connectivity index (χ4v) is 2.01. The molecule has 1 aromatic rings. The smallest absolute Gasteiger partial charge is 0.419 e. The highest BCUT2D eigenvalue weighted by molar-refractivity contribution is 5.69. The fourth-order valence-electron chi connectivity index (χ4n) is 2.01. The first-order valence-electron chi connectivity index (χ1n) is 7.49. The van der Waals surface area contributed by atoms with Crippen LogP contribution in [0, 0.1) is 0 Å². The maximum atomic E-state index is 11.4. The van der Waals surface area contributed by atoms with E-state index in [1.165, 1.54) is 55.8 Å². The lowest BCUT2D eigenvalue weighted by atomic mass is 10.1. The van der Waals surface area contributed by atoms with Gasteiger partial charge in [-0.05, 0) is 6.42 Å². The van der Waals surface area contributed by atoms with Gasteiger partial charge in [0.25, 0.3) is 0 Å². The van der Waals surface area contributed by atoms with Gasteiger partial charge in [-0.25, -0.2) is 14.3 Å². The van der Waals surface area contributed by atoms with Crippen molar-refractivity contribution in [3.05, 3.63) is 18.7 Å². The van der Waals surface area contributed by atoms with E-state index in [1.54, 1.807) is 12.4 Å². The molecule has 0 fully saturated rings. The second-order valence-electron chi connectivity index (χ2n) is 4.91. The third-order valence-electron chi connectivity index (χ3n) is 3.19. The topological polar surface area (TPSA) is 44.1 Å². The van der Waals surface area contributed by atoms with Gasteiger partial charge in [0.2, 0.25) is 0 Å². The molecule has 0 bridgehead atoms. The molecule has 1 rings (SSSR count). The zero-order chi connectivity index (χ0) is 13.8. The van der Waals surface area contributed by atoms with E-state index < -0.39 is 0 Å². The Kier molecular flexibility index (Phi) is 8.77. The Hall–Kier alpha value is -1.32. The van der Waals surface area contributed by atoms with E-state index in [-0.39, 0.29) is 6.09 Å². The first-order chi connectivity index (χ1) is 9.34. The predicted molar refractivity (Wildman–Crippen MR) is 76.2 cm³/mol. The largest absolute Gasteiger partial charge is 0.449 e. The minimum Gasteiger partial charge on any atom is -0.449 e. The van der Waals surface area contributed by atoms with E-state index in [0.29, 0.717) is 6.61 Å². The molecule has 0 radical (unpaired) electrons. The molecule has 0 unspecified atom stereocenters. The van der Waals surface area contributed by atoms with Crippen molar-refractivity contribution in [2.24, 2.45) is 0 Å². The molecule has 1 heterocycles. The number of carbonyl (C=O) groups excluding carboxylic acids is 1.